The van der Waals surface area contributed by atoms with Gasteiger partial charge in [-0.3, -0.25) is 9.59 Å². The Balaban J connectivity index is 2.59. The van der Waals surface area contributed by atoms with Crippen LogP contribution in [0.15, 0.2) is 0 Å². The van der Waals surface area contributed by atoms with Crippen molar-refractivity contribution < 1.29 is 9.59 Å². The van der Waals surface area contributed by atoms with Crippen molar-refractivity contribution in [3.63, 3.8) is 0 Å². The molecular formula is C6H6N2O2. The maximum Gasteiger partial charge on any atom is 0.290 e. The van der Waals surface area contributed by atoms with Crippen LogP contribution in [0.4, 0.5) is 0 Å². The Morgan fingerprint density at radius 3 is 2.70 bits per heavy atom. The Morgan fingerprint density at radius 1 is 1.60 bits per heavy atom. The van der Waals surface area contributed by atoms with E-state index in [1.165, 1.54) is 4.90 Å². The van der Waals surface area contributed by atoms with Gasteiger partial charge in [-0.05, 0) is 0 Å². The number of nitriles is 1. The lowest BCUT2D eigenvalue weighted by Gasteiger charge is -2.06. The van der Waals surface area contributed by atoms with Crippen LogP contribution in [0.1, 0.15) is 6.42 Å². The average molecular weight is 138 g/mol. The molecule has 0 N–H and O–H groups in total. The number of rotatable bonds is 1. The van der Waals surface area contributed by atoms with Gasteiger partial charge in [-0.25, -0.2) is 0 Å². The van der Waals surface area contributed by atoms with E-state index in [1.807, 2.05) is 6.07 Å². The van der Waals surface area contributed by atoms with Crippen LogP contribution in [0.5, 0.6) is 0 Å². The topological polar surface area (TPSA) is 61.2 Å². The minimum Gasteiger partial charge on any atom is -0.322 e. The van der Waals surface area contributed by atoms with Gasteiger partial charge in [-0.2, -0.15) is 5.26 Å². The van der Waals surface area contributed by atoms with Crippen molar-refractivity contribution in [1.82, 2.24) is 4.90 Å². The molecule has 1 heterocycles. The second kappa shape index (κ2) is 2.48. The summed E-state index contributed by atoms with van der Waals surface area (Å²) in [6, 6.07) is 1.81. The van der Waals surface area contributed by atoms with Crippen molar-refractivity contribution in [3.8, 4) is 6.07 Å². The molecule has 0 spiro atoms. The number of likely N-dealkylation sites (tertiary alicyclic amines) is 1. The zero-order valence-corrected chi connectivity index (χ0v) is 5.33. The first-order chi connectivity index (χ1) is 4.75. The number of ketones is 1. The van der Waals surface area contributed by atoms with Gasteiger partial charge in [-0.15, -0.1) is 0 Å². The fourth-order valence-corrected chi connectivity index (χ4v) is 0.858. The first-order valence-electron chi connectivity index (χ1n) is 2.95. The fraction of sp³-hybridized carbons (Fsp3) is 0.500. The molecular weight excluding hydrogens is 132 g/mol. The Kier molecular flexibility index (Phi) is 1.67. The molecule has 52 valence electrons. The summed E-state index contributed by atoms with van der Waals surface area (Å²) in [4.78, 5) is 22.5. The molecule has 1 amide bonds. The van der Waals surface area contributed by atoms with Crippen molar-refractivity contribution >= 4 is 11.7 Å². The minimum absolute atomic E-state index is 0.0323. The predicted molar refractivity (Wildman–Crippen MR) is 31.8 cm³/mol. The van der Waals surface area contributed by atoms with Gasteiger partial charge < -0.3 is 4.90 Å². The van der Waals surface area contributed by atoms with Crippen molar-refractivity contribution in [3.05, 3.63) is 0 Å². The van der Waals surface area contributed by atoms with E-state index in [-0.39, 0.29) is 18.7 Å². The quantitative estimate of drug-likeness (QED) is 0.356. The molecule has 0 radical (unpaired) electrons. The van der Waals surface area contributed by atoms with Gasteiger partial charge in [0.15, 0.2) is 0 Å². The monoisotopic (exact) mass is 138 g/mol. The fourth-order valence-electron chi connectivity index (χ4n) is 0.858. The van der Waals surface area contributed by atoms with Crippen LogP contribution >= 0.6 is 0 Å². The lowest BCUT2D eigenvalue weighted by Crippen LogP contribution is -2.27. The third kappa shape index (κ3) is 0.982. The predicted octanol–water partition coefficient (Wildman–Crippen LogP) is -0.689. The lowest BCUT2D eigenvalue weighted by molar-refractivity contribution is -0.139. The van der Waals surface area contributed by atoms with E-state index in [2.05, 4.69) is 0 Å². The summed E-state index contributed by atoms with van der Waals surface area (Å²) in [5.74, 6) is -0.892. The largest absolute Gasteiger partial charge is 0.322 e. The van der Waals surface area contributed by atoms with Gasteiger partial charge in [0.25, 0.3) is 5.91 Å². The molecule has 0 atom stereocenters. The van der Waals surface area contributed by atoms with E-state index in [0.717, 1.165) is 0 Å². The summed E-state index contributed by atoms with van der Waals surface area (Å²) in [6.07, 6.45) is 0.264. The highest BCUT2D eigenvalue weighted by Crippen LogP contribution is 2.04. The number of hydrogen-bond acceptors (Lipinski definition) is 3. The van der Waals surface area contributed by atoms with Crippen LogP contribution < -0.4 is 0 Å². The lowest BCUT2D eigenvalue weighted by atomic mass is 10.3. The SMILES string of the molecule is N#CCN1CCC(=O)C1=O. The van der Waals surface area contributed by atoms with Gasteiger partial charge in [0.2, 0.25) is 5.78 Å². The first-order valence-corrected chi connectivity index (χ1v) is 2.95. The molecule has 0 saturated carbocycles. The molecule has 1 fully saturated rings. The van der Waals surface area contributed by atoms with Crippen LogP contribution in [-0.4, -0.2) is 29.7 Å². The molecule has 1 saturated heterocycles. The van der Waals surface area contributed by atoms with E-state index in [1.54, 1.807) is 0 Å². The zero-order chi connectivity index (χ0) is 7.56. The smallest absolute Gasteiger partial charge is 0.290 e. The molecule has 0 bridgehead atoms. The first kappa shape index (κ1) is 6.75. The van der Waals surface area contributed by atoms with E-state index in [9.17, 15) is 9.59 Å². The number of carbonyl (C=O) groups excluding carboxylic acids is 2. The number of hydrogen-bond donors (Lipinski definition) is 0. The molecule has 10 heavy (non-hydrogen) atoms. The Hall–Kier alpha value is -1.37. The van der Waals surface area contributed by atoms with E-state index in [0.29, 0.717) is 6.54 Å². The highest BCUT2D eigenvalue weighted by Gasteiger charge is 2.28. The molecule has 0 aromatic rings. The number of Topliss-reactive ketones (excluding diaryl/α,β-unsaturated/α-hetero) is 1. The third-order valence-corrected chi connectivity index (χ3v) is 1.40. The molecule has 1 aliphatic rings. The normalized spacial score (nSPS) is 17.7. The maximum atomic E-state index is 10.7. The average Bonchev–Trinajstić information content (AvgIpc) is 2.20. The van der Waals surface area contributed by atoms with Gasteiger partial charge in [-0.1, -0.05) is 0 Å². The molecule has 4 heteroatoms. The van der Waals surface area contributed by atoms with Crippen molar-refractivity contribution in [1.29, 1.82) is 5.26 Å². The number of carbonyl (C=O) groups is 2. The van der Waals surface area contributed by atoms with Crippen LogP contribution in [0, 0.1) is 11.3 Å². The molecule has 0 aromatic carbocycles. The third-order valence-electron chi connectivity index (χ3n) is 1.40. The maximum absolute atomic E-state index is 10.7. The van der Waals surface area contributed by atoms with E-state index < -0.39 is 5.91 Å². The van der Waals surface area contributed by atoms with Crippen molar-refractivity contribution in [2.45, 2.75) is 6.42 Å². The highest BCUT2D eigenvalue weighted by molar-refractivity contribution is 6.37. The molecule has 0 unspecified atom stereocenters. The molecule has 1 aliphatic heterocycles. The second-order valence-corrected chi connectivity index (χ2v) is 2.06. The number of amides is 1. The van der Waals surface area contributed by atoms with E-state index in [4.69, 9.17) is 5.26 Å². The summed E-state index contributed by atoms with van der Waals surface area (Å²) < 4.78 is 0. The summed E-state index contributed by atoms with van der Waals surface area (Å²) in [5, 5.41) is 8.18. The number of nitrogens with zero attached hydrogens (tertiary/aromatic N) is 2. The Labute approximate surface area is 58.0 Å². The summed E-state index contributed by atoms with van der Waals surface area (Å²) in [7, 11) is 0. The standard InChI is InChI=1S/C6H6N2O2/c7-2-4-8-3-1-5(9)6(8)10/h1,3-4H2. The molecule has 0 aromatic heterocycles. The van der Waals surface area contributed by atoms with Crippen LogP contribution in [0.3, 0.4) is 0 Å². The summed E-state index contributed by atoms with van der Waals surface area (Å²) >= 11 is 0. The minimum atomic E-state index is -0.512. The van der Waals surface area contributed by atoms with Crippen LogP contribution in [-0.2, 0) is 9.59 Å². The summed E-state index contributed by atoms with van der Waals surface area (Å²) in [5.41, 5.74) is 0. The van der Waals surface area contributed by atoms with Gasteiger partial charge in [0, 0.05) is 13.0 Å². The molecule has 0 aliphatic carbocycles. The van der Waals surface area contributed by atoms with Gasteiger partial charge >= 0.3 is 0 Å². The van der Waals surface area contributed by atoms with Gasteiger partial charge in [0.1, 0.15) is 6.54 Å². The zero-order valence-electron chi connectivity index (χ0n) is 5.33. The Bertz CT molecular complexity index is 216. The summed E-state index contributed by atoms with van der Waals surface area (Å²) in [6.45, 7) is 0.440. The van der Waals surface area contributed by atoms with E-state index >= 15 is 0 Å². The molecule has 1 rings (SSSR count). The Morgan fingerprint density at radius 2 is 2.30 bits per heavy atom. The highest BCUT2D eigenvalue weighted by atomic mass is 16.2. The van der Waals surface area contributed by atoms with Crippen LogP contribution in [0.25, 0.3) is 0 Å². The van der Waals surface area contributed by atoms with Gasteiger partial charge in [0.05, 0.1) is 6.07 Å². The van der Waals surface area contributed by atoms with Crippen molar-refractivity contribution in [2.75, 3.05) is 13.1 Å². The second-order valence-electron chi connectivity index (χ2n) is 2.06. The molecule has 4 nitrogen and oxygen atoms in total. The van der Waals surface area contributed by atoms with Crippen LogP contribution in [0.2, 0.25) is 0 Å². The van der Waals surface area contributed by atoms with Crippen molar-refractivity contribution in [2.24, 2.45) is 0 Å².